The van der Waals surface area contributed by atoms with Crippen LogP contribution in [0, 0.1) is 12.8 Å². The normalized spacial score (nSPS) is 27.3. The molecule has 0 spiro atoms. The van der Waals surface area contributed by atoms with Crippen LogP contribution in [0.5, 0.6) is 0 Å². The van der Waals surface area contributed by atoms with Gasteiger partial charge in [0.25, 0.3) is 0 Å². The first kappa shape index (κ1) is 12.9. The zero-order chi connectivity index (χ0) is 13.6. The summed E-state index contributed by atoms with van der Waals surface area (Å²) in [5.74, 6) is 2.55. The SMILES string of the molecule is Cc1cc(C(C)C)nc(N2CC[C@@H]3CN(C)C[C@H]32)c1. The maximum atomic E-state index is 4.91. The number of aryl methyl sites for hydroxylation is 1. The molecule has 2 saturated heterocycles. The Morgan fingerprint density at radius 2 is 2.05 bits per heavy atom. The number of likely N-dealkylation sites (N-methyl/N-ethyl adjacent to an activating group) is 1. The van der Waals surface area contributed by atoms with Crippen LogP contribution in [0.2, 0.25) is 0 Å². The molecular weight excluding hydrogens is 234 g/mol. The molecule has 0 aromatic carbocycles. The second kappa shape index (κ2) is 4.78. The molecule has 3 nitrogen and oxygen atoms in total. The molecule has 3 heteroatoms. The molecule has 2 aliphatic heterocycles. The second-order valence-electron chi connectivity index (χ2n) is 6.61. The number of hydrogen-bond donors (Lipinski definition) is 0. The predicted octanol–water partition coefficient (Wildman–Crippen LogP) is 2.65. The minimum atomic E-state index is 0.503. The first-order valence-electron chi connectivity index (χ1n) is 7.48. The van der Waals surface area contributed by atoms with E-state index in [1.807, 2.05) is 0 Å². The standard InChI is InChI=1S/C16H25N3/c1-11(2)14-7-12(3)8-16(17-14)19-6-5-13-9-18(4)10-15(13)19/h7-8,11,13,15H,5-6,9-10H2,1-4H3/t13-,15-/m1/s1. The smallest absolute Gasteiger partial charge is 0.129 e. The van der Waals surface area contributed by atoms with Crippen molar-refractivity contribution in [1.82, 2.24) is 9.88 Å². The Kier molecular flexibility index (Phi) is 3.25. The molecule has 19 heavy (non-hydrogen) atoms. The van der Waals surface area contributed by atoms with Crippen molar-refractivity contribution >= 4 is 5.82 Å². The second-order valence-corrected chi connectivity index (χ2v) is 6.61. The van der Waals surface area contributed by atoms with Crippen molar-refractivity contribution < 1.29 is 0 Å². The van der Waals surface area contributed by atoms with Crippen molar-refractivity contribution in [2.45, 2.75) is 39.2 Å². The first-order chi connectivity index (χ1) is 9.04. The monoisotopic (exact) mass is 259 g/mol. The fourth-order valence-electron chi connectivity index (χ4n) is 3.58. The average molecular weight is 259 g/mol. The molecule has 2 aliphatic rings. The van der Waals surface area contributed by atoms with Crippen LogP contribution >= 0.6 is 0 Å². The third-order valence-corrected chi connectivity index (χ3v) is 4.59. The van der Waals surface area contributed by atoms with Crippen LogP contribution in [-0.4, -0.2) is 42.6 Å². The summed E-state index contributed by atoms with van der Waals surface area (Å²) >= 11 is 0. The van der Waals surface area contributed by atoms with Crippen LogP contribution in [0.4, 0.5) is 5.82 Å². The van der Waals surface area contributed by atoms with Gasteiger partial charge in [-0.15, -0.1) is 0 Å². The molecule has 3 rings (SSSR count). The van der Waals surface area contributed by atoms with Crippen molar-refractivity contribution in [3.8, 4) is 0 Å². The van der Waals surface area contributed by atoms with E-state index in [4.69, 9.17) is 4.98 Å². The lowest BCUT2D eigenvalue weighted by Gasteiger charge is -2.26. The summed E-state index contributed by atoms with van der Waals surface area (Å²) in [6.07, 6.45) is 1.32. The Bertz CT molecular complexity index is 469. The van der Waals surface area contributed by atoms with Gasteiger partial charge in [0.1, 0.15) is 5.82 Å². The highest BCUT2D eigenvalue weighted by molar-refractivity contribution is 5.46. The Balaban J connectivity index is 1.90. The van der Waals surface area contributed by atoms with Crippen molar-refractivity contribution in [3.63, 3.8) is 0 Å². The van der Waals surface area contributed by atoms with Gasteiger partial charge in [-0.25, -0.2) is 4.98 Å². The maximum absolute atomic E-state index is 4.91. The largest absolute Gasteiger partial charge is 0.352 e. The van der Waals surface area contributed by atoms with E-state index in [2.05, 4.69) is 49.8 Å². The molecule has 1 aromatic heterocycles. The van der Waals surface area contributed by atoms with E-state index in [0.29, 0.717) is 12.0 Å². The summed E-state index contributed by atoms with van der Waals surface area (Å²) in [7, 11) is 2.24. The van der Waals surface area contributed by atoms with Crippen LogP contribution in [0.15, 0.2) is 12.1 Å². The minimum Gasteiger partial charge on any atom is -0.352 e. The zero-order valence-electron chi connectivity index (χ0n) is 12.6. The molecule has 0 aliphatic carbocycles. The number of fused-ring (bicyclic) bond motifs is 1. The highest BCUT2D eigenvalue weighted by atomic mass is 15.3. The Morgan fingerprint density at radius 1 is 1.26 bits per heavy atom. The van der Waals surface area contributed by atoms with Gasteiger partial charge in [-0.05, 0) is 49.9 Å². The predicted molar refractivity (Wildman–Crippen MR) is 79.8 cm³/mol. The number of nitrogens with zero attached hydrogens (tertiary/aromatic N) is 3. The third-order valence-electron chi connectivity index (χ3n) is 4.59. The van der Waals surface area contributed by atoms with Gasteiger partial charge in [0.2, 0.25) is 0 Å². The van der Waals surface area contributed by atoms with Gasteiger partial charge in [-0.1, -0.05) is 13.8 Å². The molecule has 0 bridgehead atoms. The molecule has 104 valence electrons. The van der Waals surface area contributed by atoms with Gasteiger partial charge in [0.05, 0.1) is 0 Å². The van der Waals surface area contributed by atoms with Gasteiger partial charge >= 0.3 is 0 Å². The fourth-order valence-corrected chi connectivity index (χ4v) is 3.58. The molecule has 0 radical (unpaired) electrons. The topological polar surface area (TPSA) is 19.4 Å². The summed E-state index contributed by atoms with van der Waals surface area (Å²) in [4.78, 5) is 9.92. The van der Waals surface area contributed by atoms with Crippen molar-refractivity contribution in [2.75, 3.05) is 31.6 Å². The molecule has 0 N–H and O–H groups in total. The van der Waals surface area contributed by atoms with Gasteiger partial charge in [-0.2, -0.15) is 0 Å². The quantitative estimate of drug-likeness (QED) is 0.814. The molecule has 0 unspecified atom stereocenters. The molecule has 1 aromatic rings. The summed E-state index contributed by atoms with van der Waals surface area (Å²) in [5.41, 5.74) is 2.56. The number of anilines is 1. The van der Waals surface area contributed by atoms with Gasteiger partial charge in [-0.3, -0.25) is 0 Å². The van der Waals surface area contributed by atoms with E-state index in [9.17, 15) is 0 Å². The molecular formula is C16H25N3. The summed E-state index contributed by atoms with van der Waals surface area (Å²) < 4.78 is 0. The molecule has 2 atom stereocenters. The van der Waals surface area contributed by atoms with Crippen molar-refractivity contribution in [2.24, 2.45) is 5.92 Å². The molecule has 2 fully saturated rings. The van der Waals surface area contributed by atoms with E-state index in [-0.39, 0.29) is 0 Å². The number of rotatable bonds is 2. The average Bonchev–Trinajstić information content (AvgIpc) is 2.86. The van der Waals surface area contributed by atoms with Crippen molar-refractivity contribution in [3.05, 3.63) is 23.4 Å². The lowest BCUT2D eigenvalue weighted by molar-refractivity contribution is 0.386. The third kappa shape index (κ3) is 2.36. The zero-order valence-corrected chi connectivity index (χ0v) is 12.6. The van der Waals surface area contributed by atoms with Gasteiger partial charge in [0, 0.05) is 31.4 Å². The maximum Gasteiger partial charge on any atom is 0.129 e. The van der Waals surface area contributed by atoms with Crippen LogP contribution in [0.1, 0.15) is 37.4 Å². The Labute approximate surface area is 116 Å². The summed E-state index contributed by atoms with van der Waals surface area (Å²) in [5, 5.41) is 0. The van der Waals surface area contributed by atoms with Crippen LogP contribution < -0.4 is 4.90 Å². The minimum absolute atomic E-state index is 0.503. The molecule has 0 saturated carbocycles. The van der Waals surface area contributed by atoms with Crippen LogP contribution in [0.25, 0.3) is 0 Å². The lowest BCUT2D eigenvalue weighted by atomic mass is 10.0. The first-order valence-corrected chi connectivity index (χ1v) is 7.48. The van der Waals surface area contributed by atoms with E-state index >= 15 is 0 Å². The fraction of sp³-hybridized carbons (Fsp3) is 0.688. The van der Waals surface area contributed by atoms with Gasteiger partial charge < -0.3 is 9.80 Å². The van der Waals surface area contributed by atoms with Crippen LogP contribution in [0.3, 0.4) is 0 Å². The highest BCUT2D eigenvalue weighted by Gasteiger charge is 2.40. The Morgan fingerprint density at radius 3 is 2.79 bits per heavy atom. The number of aromatic nitrogens is 1. The van der Waals surface area contributed by atoms with E-state index < -0.39 is 0 Å². The van der Waals surface area contributed by atoms with Crippen LogP contribution in [-0.2, 0) is 0 Å². The summed E-state index contributed by atoms with van der Waals surface area (Å²) in [6, 6.07) is 5.16. The number of hydrogen-bond acceptors (Lipinski definition) is 3. The number of likely N-dealkylation sites (tertiary alicyclic amines) is 1. The highest BCUT2D eigenvalue weighted by Crippen LogP contribution is 2.34. The van der Waals surface area contributed by atoms with E-state index in [0.717, 1.165) is 5.92 Å². The van der Waals surface area contributed by atoms with E-state index in [1.165, 1.54) is 43.1 Å². The Hall–Kier alpha value is -1.09. The lowest BCUT2D eigenvalue weighted by Crippen LogP contribution is -2.35. The molecule has 3 heterocycles. The molecule has 0 amide bonds. The number of pyridine rings is 1. The van der Waals surface area contributed by atoms with E-state index in [1.54, 1.807) is 0 Å². The summed E-state index contributed by atoms with van der Waals surface area (Å²) in [6.45, 7) is 10.3. The van der Waals surface area contributed by atoms with Crippen molar-refractivity contribution in [1.29, 1.82) is 0 Å². The van der Waals surface area contributed by atoms with Gasteiger partial charge in [0.15, 0.2) is 0 Å².